The van der Waals surface area contributed by atoms with Crippen molar-refractivity contribution in [2.24, 2.45) is 0 Å². The highest BCUT2D eigenvalue weighted by Crippen LogP contribution is 2.24. The zero-order chi connectivity index (χ0) is 12.4. The van der Waals surface area contributed by atoms with E-state index in [0.29, 0.717) is 17.5 Å². The molecule has 0 unspecified atom stereocenters. The van der Waals surface area contributed by atoms with Crippen LogP contribution in [0.2, 0.25) is 0 Å². The van der Waals surface area contributed by atoms with Crippen molar-refractivity contribution in [3.63, 3.8) is 0 Å². The Labute approximate surface area is 96.9 Å². The van der Waals surface area contributed by atoms with Gasteiger partial charge in [-0.25, -0.2) is 8.78 Å². The summed E-state index contributed by atoms with van der Waals surface area (Å²) in [6.07, 6.45) is 2.07. The molecular weight excluding hydrogens is 224 g/mol. The molecule has 0 amide bonds. The van der Waals surface area contributed by atoms with Crippen LogP contribution in [-0.4, -0.2) is 11.3 Å². The number of pyridine rings is 1. The molecule has 0 atom stereocenters. The van der Waals surface area contributed by atoms with Crippen LogP contribution in [0.3, 0.4) is 0 Å². The number of nitrogens with zero attached hydrogens (tertiary/aromatic N) is 1. The first-order chi connectivity index (χ1) is 8.13. The quantitative estimate of drug-likeness (QED) is 0.746. The second-order valence-corrected chi connectivity index (χ2v) is 3.63. The lowest BCUT2D eigenvalue weighted by molar-refractivity contribution is 0.112. The molecule has 17 heavy (non-hydrogen) atoms. The largest absolute Gasteiger partial charge is 0.298 e. The first-order valence-electron chi connectivity index (χ1n) is 4.99. The summed E-state index contributed by atoms with van der Waals surface area (Å²) in [6.45, 7) is 1.36. The van der Waals surface area contributed by atoms with Crippen LogP contribution in [0.25, 0.3) is 11.3 Å². The minimum absolute atomic E-state index is 0.0548. The SMILES string of the molecule is Cc1c(F)ccc(-c2cc(C=O)ccn2)c1F. The summed E-state index contributed by atoms with van der Waals surface area (Å²) in [4.78, 5) is 14.6. The normalized spacial score (nSPS) is 10.3. The third-order valence-electron chi connectivity index (χ3n) is 2.52. The number of rotatable bonds is 2. The zero-order valence-electron chi connectivity index (χ0n) is 9.08. The van der Waals surface area contributed by atoms with Gasteiger partial charge in [0.25, 0.3) is 0 Å². The lowest BCUT2D eigenvalue weighted by atomic mass is 10.1. The predicted molar refractivity (Wildman–Crippen MR) is 59.7 cm³/mol. The van der Waals surface area contributed by atoms with Gasteiger partial charge in [-0.3, -0.25) is 9.78 Å². The molecule has 86 valence electrons. The first-order valence-corrected chi connectivity index (χ1v) is 4.99. The zero-order valence-corrected chi connectivity index (χ0v) is 9.08. The van der Waals surface area contributed by atoms with E-state index in [0.717, 1.165) is 0 Å². The van der Waals surface area contributed by atoms with Gasteiger partial charge in [0.1, 0.15) is 17.9 Å². The average Bonchev–Trinajstić information content (AvgIpc) is 2.36. The number of aromatic nitrogens is 1. The number of aldehydes is 1. The van der Waals surface area contributed by atoms with Gasteiger partial charge in [0, 0.05) is 22.9 Å². The third kappa shape index (κ3) is 2.06. The van der Waals surface area contributed by atoms with Crippen molar-refractivity contribution in [1.82, 2.24) is 4.98 Å². The van der Waals surface area contributed by atoms with E-state index in [4.69, 9.17) is 0 Å². The van der Waals surface area contributed by atoms with Crippen LogP contribution in [0, 0.1) is 18.6 Å². The summed E-state index contributed by atoms with van der Waals surface area (Å²) in [6, 6.07) is 5.48. The van der Waals surface area contributed by atoms with E-state index in [1.165, 1.54) is 37.4 Å². The van der Waals surface area contributed by atoms with E-state index in [2.05, 4.69) is 4.98 Å². The Kier molecular flexibility index (Phi) is 2.95. The van der Waals surface area contributed by atoms with Gasteiger partial charge in [0.2, 0.25) is 0 Å². The Morgan fingerprint density at radius 1 is 1.24 bits per heavy atom. The van der Waals surface area contributed by atoms with Crippen molar-refractivity contribution in [1.29, 1.82) is 0 Å². The molecule has 2 rings (SSSR count). The molecule has 0 radical (unpaired) electrons. The maximum Gasteiger partial charge on any atom is 0.150 e. The molecule has 1 aromatic heterocycles. The molecule has 0 aliphatic carbocycles. The van der Waals surface area contributed by atoms with Crippen LogP contribution >= 0.6 is 0 Å². The van der Waals surface area contributed by atoms with E-state index in [1.807, 2.05) is 0 Å². The van der Waals surface area contributed by atoms with E-state index in [1.54, 1.807) is 0 Å². The third-order valence-corrected chi connectivity index (χ3v) is 2.52. The molecule has 2 aromatic rings. The van der Waals surface area contributed by atoms with Crippen LogP contribution in [0.4, 0.5) is 8.78 Å². The molecule has 0 saturated heterocycles. The monoisotopic (exact) mass is 233 g/mol. The van der Waals surface area contributed by atoms with E-state index < -0.39 is 11.6 Å². The van der Waals surface area contributed by atoms with Crippen molar-refractivity contribution in [2.75, 3.05) is 0 Å². The summed E-state index contributed by atoms with van der Waals surface area (Å²) in [5.41, 5.74) is 0.847. The number of hydrogen-bond donors (Lipinski definition) is 0. The standard InChI is InChI=1S/C13H9F2NO/c1-8-11(14)3-2-10(13(8)15)12-6-9(7-17)4-5-16-12/h2-7H,1H3. The number of hydrogen-bond acceptors (Lipinski definition) is 2. The van der Waals surface area contributed by atoms with Crippen LogP contribution < -0.4 is 0 Å². The van der Waals surface area contributed by atoms with Gasteiger partial charge in [-0.05, 0) is 31.2 Å². The fourth-order valence-electron chi connectivity index (χ4n) is 1.53. The molecule has 0 saturated carbocycles. The fraction of sp³-hybridized carbons (Fsp3) is 0.0769. The van der Waals surface area contributed by atoms with Crippen molar-refractivity contribution >= 4 is 6.29 Å². The summed E-state index contributed by atoms with van der Waals surface area (Å²) >= 11 is 0. The van der Waals surface area contributed by atoms with E-state index >= 15 is 0 Å². The van der Waals surface area contributed by atoms with Gasteiger partial charge < -0.3 is 0 Å². The molecule has 0 bridgehead atoms. The molecule has 0 aliphatic heterocycles. The molecule has 0 aliphatic rings. The highest BCUT2D eigenvalue weighted by Gasteiger charge is 2.12. The van der Waals surface area contributed by atoms with Crippen LogP contribution in [-0.2, 0) is 0 Å². The first kappa shape index (κ1) is 11.4. The van der Waals surface area contributed by atoms with Gasteiger partial charge in [-0.2, -0.15) is 0 Å². The number of halogens is 2. The number of carbonyl (C=O) groups is 1. The van der Waals surface area contributed by atoms with Crippen molar-refractivity contribution in [3.05, 3.63) is 53.2 Å². The predicted octanol–water partition coefficient (Wildman–Crippen LogP) is 3.15. The van der Waals surface area contributed by atoms with Crippen LogP contribution in [0.5, 0.6) is 0 Å². The van der Waals surface area contributed by atoms with E-state index in [-0.39, 0.29) is 11.1 Å². The molecule has 1 heterocycles. The van der Waals surface area contributed by atoms with E-state index in [9.17, 15) is 13.6 Å². The minimum Gasteiger partial charge on any atom is -0.298 e. The highest BCUT2D eigenvalue weighted by atomic mass is 19.1. The minimum atomic E-state index is -0.652. The smallest absolute Gasteiger partial charge is 0.150 e. The summed E-state index contributed by atoms with van der Waals surface area (Å²) in [5, 5.41) is 0. The summed E-state index contributed by atoms with van der Waals surface area (Å²) in [7, 11) is 0. The van der Waals surface area contributed by atoms with Gasteiger partial charge in [-0.1, -0.05) is 0 Å². The summed E-state index contributed by atoms with van der Waals surface area (Å²) < 4.78 is 26.9. The lowest BCUT2D eigenvalue weighted by Gasteiger charge is -2.06. The Hall–Kier alpha value is -2.10. The molecule has 4 heteroatoms. The maximum atomic E-state index is 13.8. The molecule has 0 N–H and O–H groups in total. The molecular formula is C13H9F2NO. The van der Waals surface area contributed by atoms with Gasteiger partial charge >= 0.3 is 0 Å². The van der Waals surface area contributed by atoms with Crippen LogP contribution in [0.1, 0.15) is 15.9 Å². The molecule has 1 aromatic carbocycles. The highest BCUT2D eigenvalue weighted by molar-refractivity contribution is 5.77. The van der Waals surface area contributed by atoms with Crippen molar-refractivity contribution in [2.45, 2.75) is 6.92 Å². The van der Waals surface area contributed by atoms with Crippen LogP contribution in [0.15, 0.2) is 30.5 Å². The number of carbonyl (C=O) groups excluding carboxylic acids is 1. The Morgan fingerprint density at radius 2 is 2.00 bits per heavy atom. The number of benzene rings is 1. The lowest BCUT2D eigenvalue weighted by Crippen LogP contribution is -1.95. The summed E-state index contributed by atoms with van der Waals surface area (Å²) in [5.74, 6) is -1.25. The second kappa shape index (κ2) is 4.41. The molecule has 2 nitrogen and oxygen atoms in total. The van der Waals surface area contributed by atoms with Crippen molar-refractivity contribution < 1.29 is 13.6 Å². The average molecular weight is 233 g/mol. The van der Waals surface area contributed by atoms with Gasteiger partial charge in [0.15, 0.2) is 0 Å². The Bertz CT molecular complexity index is 582. The Morgan fingerprint density at radius 3 is 2.71 bits per heavy atom. The second-order valence-electron chi connectivity index (χ2n) is 3.63. The topological polar surface area (TPSA) is 30.0 Å². The van der Waals surface area contributed by atoms with Gasteiger partial charge in [0.05, 0.1) is 5.69 Å². The van der Waals surface area contributed by atoms with Crippen molar-refractivity contribution in [3.8, 4) is 11.3 Å². The van der Waals surface area contributed by atoms with Gasteiger partial charge in [-0.15, -0.1) is 0 Å². The molecule has 0 fully saturated rings. The fourth-order valence-corrected chi connectivity index (χ4v) is 1.53. The molecule has 0 spiro atoms. The maximum absolute atomic E-state index is 13.8. The Balaban J connectivity index is 2.60.